The van der Waals surface area contributed by atoms with Gasteiger partial charge in [0.1, 0.15) is 5.75 Å². The molecule has 0 aliphatic rings. The van der Waals surface area contributed by atoms with Crippen molar-refractivity contribution >= 4 is 23.3 Å². The summed E-state index contributed by atoms with van der Waals surface area (Å²) in [4.78, 5) is 29.7. The van der Waals surface area contributed by atoms with Gasteiger partial charge in [-0.25, -0.2) is 4.79 Å². The normalized spacial score (nSPS) is 10.2. The molecule has 138 valence electrons. The first-order valence-corrected chi connectivity index (χ1v) is 8.20. The van der Waals surface area contributed by atoms with Gasteiger partial charge in [0.25, 0.3) is 0 Å². The minimum Gasteiger partial charge on any atom is -0.495 e. The lowest BCUT2D eigenvalue weighted by atomic mass is 10.2. The molecule has 7 nitrogen and oxygen atoms in total. The van der Waals surface area contributed by atoms with Crippen LogP contribution in [0.2, 0.25) is 0 Å². The summed E-state index contributed by atoms with van der Waals surface area (Å²) in [5.74, 6) is 0.316. The summed E-state index contributed by atoms with van der Waals surface area (Å²) >= 11 is 0. The molecule has 0 aliphatic carbocycles. The molecule has 0 saturated heterocycles. The van der Waals surface area contributed by atoms with E-state index in [4.69, 9.17) is 4.74 Å². The average molecular weight is 356 g/mol. The molecular weight excluding hydrogens is 332 g/mol. The number of nitrogens with one attached hydrogen (secondary N) is 2. The van der Waals surface area contributed by atoms with E-state index >= 15 is 0 Å². The molecule has 0 aliphatic heterocycles. The van der Waals surface area contributed by atoms with Crippen molar-refractivity contribution in [3.63, 3.8) is 0 Å². The molecule has 1 aromatic carbocycles. The van der Waals surface area contributed by atoms with Gasteiger partial charge >= 0.3 is 6.03 Å². The number of ether oxygens (including phenoxy) is 1. The maximum Gasteiger partial charge on any atom is 0.322 e. The van der Waals surface area contributed by atoms with E-state index in [1.807, 2.05) is 26.0 Å². The Hall–Kier alpha value is -3.09. The fourth-order valence-corrected chi connectivity index (χ4v) is 2.62. The van der Waals surface area contributed by atoms with Crippen LogP contribution >= 0.6 is 0 Å². The highest BCUT2D eigenvalue weighted by molar-refractivity contribution is 5.94. The largest absolute Gasteiger partial charge is 0.495 e. The molecule has 2 N–H and O–H groups in total. The van der Waals surface area contributed by atoms with E-state index in [-0.39, 0.29) is 11.9 Å². The van der Waals surface area contributed by atoms with Gasteiger partial charge in [0, 0.05) is 25.4 Å². The van der Waals surface area contributed by atoms with E-state index < -0.39 is 0 Å². The topological polar surface area (TPSA) is 83.6 Å². The molecule has 0 spiro atoms. The summed E-state index contributed by atoms with van der Waals surface area (Å²) in [6.07, 6.45) is 0. The van der Waals surface area contributed by atoms with Crippen molar-refractivity contribution in [1.82, 2.24) is 9.88 Å². The van der Waals surface area contributed by atoms with Crippen LogP contribution in [0, 0.1) is 13.8 Å². The third kappa shape index (κ3) is 5.20. The second-order valence-corrected chi connectivity index (χ2v) is 6.16. The van der Waals surface area contributed by atoms with Gasteiger partial charge in [-0.3, -0.25) is 9.78 Å². The molecule has 0 bridgehead atoms. The lowest BCUT2D eigenvalue weighted by Crippen LogP contribution is -2.31. The van der Waals surface area contributed by atoms with Crippen molar-refractivity contribution in [2.24, 2.45) is 0 Å². The van der Waals surface area contributed by atoms with Crippen molar-refractivity contribution in [2.45, 2.75) is 27.3 Å². The lowest BCUT2D eigenvalue weighted by Gasteiger charge is -2.19. The van der Waals surface area contributed by atoms with Crippen LogP contribution in [0.15, 0.2) is 30.3 Å². The highest BCUT2D eigenvalue weighted by Crippen LogP contribution is 2.28. The molecule has 0 fully saturated rings. The van der Waals surface area contributed by atoms with E-state index in [0.29, 0.717) is 23.7 Å². The number of carbonyl (C=O) groups excluding carboxylic acids is 2. The number of carbonyl (C=O) groups is 2. The van der Waals surface area contributed by atoms with Gasteiger partial charge in [0.2, 0.25) is 5.91 Å². The van der Waals surface area contributed by atoms with Crippen LogP contribution in [-0.2, 0) is 11.3 Å². The molecule has 0 saturated carbocycles. The summed E-state index contributed by atoms with van der Waals surface area (Å²) in [7, 11) is 3.21. The number of pyridine rings is 1. The Kier molecular flexibility index (Phi) is 6.16. The first kappa shape index (κ1) is 19.2. The number of methoxy groups -OCH3 is 1. The van der Waals surface area contributed by atoms with Gasteiger partial charge in [-0.1, -0.05) is 0 Å². The zero-order valence-electron chi connectivity index (χ0n) is 15.7. The Labute approximate surface area is 153 Å². The second kappa shape index (κ2) is 8.33. The number of hydrogen-bond donors (Lipinski definition) is 2. The van der Waals surface area contributed by atoms with Crippen molar-refractivity contribution < 1.29 is 14.3 Å². The molecule has 0 atom stereocenters. The van der Waals surface area contributed by atoms with E-state index in [2.05, 4.69) is 15.6 Å². The van der Waals surface area contributed by atoms with Gasteiger partial charge in [0.05, 0.1) is 25.0 Å². The Morgan fingerprint density at radius 3 is 2.50 bits per heavy atom. The predicted molar refractivity (Wildman–Crippen MR) is 101 cm³/mol. The first-order valence-electron chi connectivity index (χ1n) is 8.20. The highest BCUT2D eigenvalue weighted by Gasteiger charge is 2.14. The summed E-state index contributed by atoms with van der Waals surface area (Å²) in [6.45, 7) is 5.72. The summed E-state index contributed by atoms with van der Waals surface area (Å²) in [5, 5.41) is 5.49. The van der Waals surface area contributed by atoms with E-state index in [0.717, 1.165) is 17.0 Å². The van der Waals surface area contributed by atoms with Crippen LogP contribution in [0.3, 0.4) is 0 Å². The number of nitrogens with zero attached hydrogens (tertiary/aromatic N) is 2. The Morgan fingerprint density at radius 1 is 1.15 bits per heavy atom. The van der Waals surface area contributed by atoms with Gasteiger partial charge < -0.3 is 20.3 Å². The Morgan fingerprint density at radius 2 is 1.88 bits per heavy atom. The monoisotopic (exact) mass is 356 g/mol. The standard InChI is InChI=1S/C19H24N4O3/c1-12-8-13(2)20-16(9-12)11-23(4)19(25)22-17-10-15(21-14(3)24)6-7-18(17)26-5/h6-10H,11H2,1-5H3,(H,21,24)(H,22,25). The third-order valence-corrected chi connectivity index (χ3v) is 3.66. The zero-order chi connectivity index (χ0) is 19.3. The number of amides is 3. The van der Waals surface area contributed by atoms with Crippen LogP contribution in [0.4, 0.5) is 16.2 Å². The molecule has 0 unspecified atom stereocenters. The molecule has 3 amide bonds. The third-order valence-electron chi connectivity index (χ3n) is 3.66. The van der Waals surface area contributed by atoms with Crippen LogP contribution in [-0.4, -0.2) is 36.0 Å². The highest BCUT2D eigenvalue weighted by atomic mass is 16.5. The zero-order valence-corrected chi connectivity index (χ0v) is 15.7. The molecule has 2 aromatic rings. The molecule has 7 heteroatoms. The van der Waals surface area contributed by atoms with Crippen LogP contribution < -0.4 is 15.4 Å². The Balaban J connectivity index is 2.13. The smallest absolute Gasteiger partial charge is 0.322 e. The maximum atomic E-state index is 12.5. The van der Waals surface area contributed by atoms with Crippen molar-refractivity contribution in [3.05, 3.63) is 47.3 Å². The van der Waals surface area contributed by atoms with E-state index in [1.165, 1.54) is 18.9 Å². The van der Waals surface area contributed by atoms with Crippen molar-refractivity contribution in [3.8, 4) is 5.75 Å². The quantitative estimate of drug-likeness (QED) is 0.861. The summed E-state index contributed by atoms with van der Waals surface area (Å²) in [5.41, 5.74) is 3.89. The van der Waals surface area contributed by atoms with Crippen molar-refractivity contribution in [2.75, 3.05) is 24.8 Å². The van der Waals surface area contributed by atoms with Crippen LogP contribution in [0.25, 0.3) is 0 Å². The maximum absolute atomic E-state index is 12.5. The number of urea groups is 1. The molecule has 2 rings (SSSR count). The number of anilines is 2. The van der Waals surface area contributed by atoms with Gasteiger partial charge in [-0.05, 0) is 49.7 Å². The van der Waals surface area contributed by atoms with E-state index in [1.54, 1.807) is 25.2 Å². The molecular formula is C19H24N4O3. The fourth-order valence-electron chi connectivity index (χ4n) is 2.62. The Bertz CT molecular complexity index is 800. The number of benzene rings is 1. The van der Waals surface area contributed by atoms with Crippen LogP contribution in [0.5, 0.6) is 5.75 Å². The van der Waals surface area contributed by atoms with Crippen molar-refractivity contribution in [1.29, 1.82) is 0 Å². The SMILES string of the molecule is COc1ccc(NC(C)=O)cc1NC(=O)N(C)Cc1cc(C)cc(C)n1. The number of hydrogen-bond acceptors (Lipinski definition) is 4. The number of rotatable bonds is 5. The fraction of sp³-hybridized carbons (Fsp3) is 0.316. The number of aromatic nitrogens is 1. The van der Waals surface area contributed by atoms with Crippen LogP contribution in [0.1, 0.15) is 23.9 Å². The van der Waals surface area contributed by atoms with E-state index in [9.17, 15) is 9.59 Å². The number of aryl methyl sites for hydroxylation is 2. The molecule has 26 heavy (non-hydrogen) atoms. The average Bonchev–Trinajstić information content (AvgIpc) is 2.53. The predicted octanol–water partition coefficient (Wildman–Crippen LogP) is 3.33. The van der Waals surface area contributed by atoms with Gasteiger partial charge in [-0.2, -0.15) is 0 Å². The summed E-state index contributed by atoms with van der Waals surface area (Å²) in [6, 6.07) is 8.69. The van der Waals surface area contributed by atoms with Gasteiger partial charge in [-0.15, -0.1) is 0 Å². The van der Waals surface area contributed by atoms with Gasteiger partial charge in [0.15, 0.2) is 0 Å². The second-order valence-electron chi connectivity index (χ2n) is 6.16. The molecule has 1 aromatic heterocycles. The lowest BCUT2D eigenvalue weighted by molar-refractivity contribution is -0.114. The minimum atomic E-state index is -0.302. The first-order chi connectivity index (χ1) is 12.3. The summed E-state index contributed by atoms with van der Waals surface area (Å²) < 4.78 is 5.28. The minimum absolute atomic E-state index is 0.189. The molecule has 1 heterocycles. The molecule has 0 radical (unpaired) electrons.